The molecule has 3 heterocycles. The highest BCUT2D eigenvalue weighted by molar-refractivity contribution is 7.22. The fraction of sp³-hybridized carbons (Fsp3) is 0.462. The van der Waals surface area contributed by atoms with E-state index >= 15 is 0 Å². The molecule has 0 amide bonds. The van der Waals surface area contributed by atoms with Crippen molar-refractivity contribution in [3.05, 3.63) is 59.9 Å². The third-order valence-electron chi connectivity index (χ3n) is 7.39. The molecule has 1 unspecified atom stereocenters. The number of hydrogen-bond acceptors (Lipinski definition) is 8. The highest BCUT2D eigenvalue weighted by Crippen LogP contribution is 2.36. The van der Waals surface area contributed by atoms with Gasteiger partial charge in [-0.1, -0.05) is 48.4 Å². The number of aromatic nitrogens is 5. The van der Waals surface area contributed by atoms with Crippen molar-refractivity contribution in [3.8, 4) is 0 Å². The summed E-state index contributed by atoms with van der Waals surface area (Å²) in [6.45, 7) is 3.76. The molecule has 0 N–H and O–H groups in total. The zero-order valence-corrected chi connectivity index (χ0v) is 21.2. The Morgan fingerprint density at radius 2 is 1.69 bits per heavy atom. The van der Waals surface area contributed by atoms with Gasteiger partial charge in [0.25, 0.3) is 0 Å². The van der Waals surface area contributed by atoms with Crippen molar-refractivity contribution >= 4 is 32.4 Å². The summed E-state index contributed by atoms with van der Waals surface area (Å²) in [6.07, 6.45) is 4.84. The Labute approximate surface area is 210 Å². The van der Waals surface area contributed by atoms with Gasteiger partial charge in [-0.05, 0) is 53.1 Å². The fourth-order valence-corrected chi connectivity index (χ4v) is 6.45. The van der Waals surface area contributed by atoms with E-state index in [0.717, 1.165) is 55.5 Å². The van der Waals surface area contributed by atoms with Crippen LogP contribution < -0.4 is 9.80 Å². The molecule has 2 aromatic heterocycles. The molecule has 2 aliphatic rings. The molecule has 2 aromatic carbocycles. The van der Waals surface area contributed by atoms with Crippen LogP contribution >= 0.6 is 11.3 Å². The van der Waals surface area contributed by atoms with Crippen molar-refractivity contribution in [2.45, 2.75) is 37.8 Å². The van der Waals surface area contributed by atoms with E-state index in [1.54, 1.807) is 11.3 Å². The molecule has 8 nitrogen and oxygen atoms in total. The number of tetrazole rings is 1. The number of para-hydroxylation sites is 1. The number of hydrogen-bond donors (Lipinski definition) is 0. The normalized spacial score (nSPS) is 18.4. The van der Waals surface area contributed by atoms with E-state index in [0.29, 0.717) is 6.04 Å². The molecule has 0 radical (unpaired) electrons. The summed E-state index contributed by atoms with van der Waals surface area (Å²) in [5, 5.41) is 14.3. The first-order chi connectivity index (χ1) is 17.2. The number of anilines is 2. The van der Waals surface area contributed by atoms with E-state index in [4.69, 9.17) is 4.98 Å². The minimum Gasteiger partial charge on any atom is -0.378 e. The predicted octanol–water partition coefficient (Wildman–Crippen LogP) is 4.38. The number of rotatable bonds is 6. The first-order valence-corrected chi connectivity index (χ1v) is 13.4. The number of thiazole rings is 1. The van der Waals surface area contributed by atoms with Crippen LogP contribution in [0.25, 0.3) is 10.2 Å². The lowest BCUT2D eigenvalue weighted by Crippen LogP contribution is -2.48. The molecule has 1 aliphatic carbocycles. The molecule has 2 fully saturated rings. The van der Waals surface area contributed by atoms with Gasteiger partial charge < -0.3 is 9.80 Å². The third-order valence-corrected chi connectivity index (χ3v) is 8.49. The summed E-state index contributed by atoms with van der Waals surface area (Å²) in [7, 11) is 4.16. The molecule has 35 heavy (non-hydrogen) atoms. The second-order valence-electron chi connectivity index (χ2n) is 9.80. The van der Waals surface area contributed by atoms with E-state index in [1.165, 1.54) is 28.8 Å². The van der Waals surface area contributed by atoms with E-state index in [9.17, 15) is 0 Å². The first-order valence-electron chi connectivity index (χ1n) is 12.6. The maximum atomic E-state index is 4.89. The third kappa shape index (κ3) is 4.38. The molecule has 9 heteroatoms. The Kier molecular flexibility index (Phi) is 6.12. The average molecular weight is 489 g/mol. The second kappa shape index (κ2) is 9.54. The number of fused-ring (bicyclic) bond motifs is 1. The van der Waals surface area contributed by atoms with Gasteiger partial charge in [-0.2, -0.15) is 0 Å². The van der Waals surface area contributed by atoms with Crippen molar-refractivity contribution in [1.82, 2.24) is 30.1 Å². The smallest absolute Gasteiger partial charge is 0.186 e. The van der Waals surface area contributed by atoms with Gasteiger partial charge in [0.2, 0.25) is 0 Å². The highest BCUT2D eigenvalue weighted by Gasteiger charge is 2.33. The molecule has 182 valence electrons. The summed E-state index contributed by atoms with van der Waals surface area (Å²) >= 11 is 1.79. The van der Waals surface area contributed by atoms with Gasteiger partial charge in [0.15, 0.2) is 11.0 Å². The SMILES string of the molecule is CN(C)c1ccc(C(c2nnnn2C2CCCC2)N2CCN(c3nc4ccccc4s3)CC2)cc1. The fourth-order valence-electron chi connectivity index (χ4n) is 5.43. The monoisotopic (exact) mass is 488 g/mol. The molecule has 4 aromatic rings. The van der Waals surface area contributed by atoms with Crippen molar-refractivity contribution in [2.75, 3.05) is 50.1 Å². The van der Waals surface area contributed by atoms with Crippen LogP contribution in [-0.2, 0) is 0 Å². The minimum atomic E-state index is 0.0410. The van der Waals surface area contributed by atoms with Gasteiger partial charge >= 0.3 is 0 Å². The summed E-state index contributed by atoms with van der Waals surface area (Å²) in [5.74, 6) is 0.975. The molecule has 1 atom stereocenters. The molecule has 0 spiro atoms. The highest BCUT2D eigenvalue weighted by atomic mass is 32.1. The van der Waals surface area contributed by atoms with Gasteiger partial charge in [-0.15, -0.1) is 5.10 Å². The van der Waals surface area contributed by atoms with E-state index in [1.807, 2.05) is 0 Å². The van der Waals surface area contributed by atoms with Gasteiger partial charge in [-0.3, -0.25) is 4.90 Å². The Bertz CT molecular complexity index is 1230. The summed E-state index contributed by atoms with van der Waals surface area (Å²) < 4.78 is 3.37. The van der Waals surface area contributed by atoms with Gasteiger partial charge in [0, 0.05) is 46.0 Å². The van der Waals surface area contributed by atoms with Crippen molar-refractivity contribution in [1.29, 1.82) is 0 Å². The minimum absolute atomic E-state index is 0.0410. The maximum Gasteiger partial charge on any atom is 0.186 e. The van der Waals surface area contributed by atoms with Crippen LogP contribution in [0.15, 0.2) is 48.5 Å². The van der Waals surface area contributed by atoms with Gasteiger partial charge in [0.05, 0.1) is 22.3 Å². The Hall–Kier alpha value is -3.04. The second-order valence-corrected chi connectivity index (χ2v) is 10.8. The van der Waals surface area contributed by atoms with Crippen LogP contribution in [0.4, 0.5) is 10.8 Å². The van der Waals surface area contributed by atoms with E-state index in [2.05, 4.69) is 97.5 Å². The van der Waals surface area contributed by atoms with Gasteiger partial charge in [0.1, 0.15) is 0 Å². The number of benzene rings is 2. The van der Waals surface area contributed by atoms with Crippen molar-refractivity contribution in [3.63, 3.8) is 0 Å². The molecular weight excluding hydrogens is 456 g/mol. The maximum absolute atomic E-state index is 4.89. The van der Waals surface area contributed by atoms with Crippen LogP contribution in [0.5, 0.6) is 0 Å². The topological polar surface area (TPSA) is 66.2 Å². The van der Waals surface area contributed by atoms with Crippen LogP contribution in [0.1, 0.15) is 49.2 Å². The summed E-state index contributed by atoms with van der Waals surface area (Å²) in [4.78, 5) is 12.0. The van der Waals surface area contributed by atoms with Crippen molar-refractivity contribution in [2.24, 2.45) is 0 Å². The predicted molar refractivity (Wildman–Crippen MR) is 141 cm³/mol. The lowest BCUT2D eigenvalue weighted by Gasteiger charge is -2.39. The quantitative estimate of drug-likeness (QED) is 0.399. The first kappa shape index (κ1) is 22.4. The Morgan fingerprint density at radius 3 is 2.40 bits per heavy atom. The average Bonchev–Trinajstić information content (AvgIpc) is 3.65. The summed E-state index contributed by atoms with van der Waals surface area (Å²) in [5.41, 5.74) is 3.53. The number of piperazine rings is 1. The number of nitrogens with zero attached hydrogens (tertiary/aromatic N) is 8. The van der Waals surface area contributed by atoms with Crippen LogP contribution in [-0.4, -0.2) is 70.4 Å². The summed E-state index contributed by atoms with van der Waals surface area (Å²) in [6, 6.07) is 17.7. The Morgan fingerprint density at radius 1 is 0.943 bits per heavy atom. The molecule has 1 saturated carbocycles. The van der Waals surface area contributed by atoms with Gasteiger partial charge in [-0.25, -0.2) is 9.67 Å². The molecule has 1 saturated heterocycles. The molecule has 0 bridgehead atoms. The van der Waals surface area contributed by atoms with E-state index in [-0.39, 0.29) is 6.04 Å². The standard InChI is InChI=1S/C26H32N8S/c1-31(2)20-13-11-19(12-14-20)24(25-28-29-30-34(25)21-7-3-4-8-21)32-15-17-33(18-16-32)26-27-22-9-5-6-10-23(22)35-26/h5-6,9-14,21,24H,3-4,7-8,15-18H2,1-2H3. The zero-order chi connectivity index (χ0) is 23.8. The largest absolute Gasteiger partial charge is 0.378 e. The Balaban J connectivity index is 1.28. The van der Waals surface area contributed by atoms with E-state index < -0.39 is 0 Å². The molecule has 6 rings (SSSR count). The lowest BCUT2D eigenvalue weighted by molar-refractivity contribution is 0.197. The van der Waals surface area contributed by atoms with Crippen LogP contribution in [0.3, 0.4) is 0 Å². The van der Waals surface area contributed by atoms with Crippen LogP contribution in [0.2, 0.25) is 0 Å². The molecular formula is C26H32N8S. The van der Waals surface area contributed by atoms with Crippen molar-refractivity contribution < 1.29 is 0 Å². The zero-order valence-electron chi connectivity index (χ0n) is 20.4. The lowest BCUT2D eigenvalue weighted by atomic mass is 10.0. The molecule has 1 aliphatic heterocycles. The van der Waals surface area contributed by atoms with Crippen LogP contribution in [0, 0.1) is 0 Å².